The second-order valence-electron chi connectivity index (χ2n) is 4.19. The maximum atomic E-state index is 12.9. The molecule has 2 aromatic rings. The van der Waals surface area contributed by atoms with Crippen molar-refractivity contribution in [2.45, 2.75) is 6.42 Å². The first-order valence-corrected chi connectivity index (χ1v) is 7.00. The Hall–Kier alpha value is -1.95. The molecule has 106 valence electrons. The van der Waals surface area contributed by atoms with E-state index in [1.54, 1.807) is 11.3 Å². The topological polar surface area (TPSA) is 41.1 Å². The number of rotatable bonds is 6. The maximum Gasteiger partial charge on any atom is 0.239 e. The standard InChI is InChI=1S/C14H14F2N2OS/c15-10-6-11(16)8-12(7-10)18-9-14(19)17-4-3-13-2-1-5-20-13/h1-2,5-8,18H,3-4,9H2,(H,17,19). The van der Waals surface area contributed by atoms with Crippen molar-refractivity contribution in [3.63, 3.8) is 0 Å². The molecule has 0 atom stereocenters. The van der Waals surface area contributed by atoms with Crippen LogP contribution in [-0.4, -0.2) is 19.0 Å². The lowest BCUT2D eigenvalue weighted by molar-refractivity contribution is -0.119. The fourth-order valence-corrected chi connectivity index (χ4v) is 2.39. The molecular weight excluding hydrogens is 282 g/mol. The van der Waals surface area contributed by atoms with Crippen LogP contribution in [0.3, 0.4) is 0 Å². The largest absolute Gasteiger partial charge is 0.376 e. The highest BCUT2D eigenvalue weighted by molar-refractivity contribution is 7.09. The Labute approximate surface area is 119 Å². The van der Waals surface area contributed by atoms with Crippen LogP contribution < -0.4 is 10.6 Å². The maximum absolute atomic E-state index is 12.9. The number of anilines is 1. The van der Waals surface area contributed by atoms with Gasteiger partial charge in [0.15, 0.2) is 0 Å². The molecule has 0 saturated carbocycles. The Kier molecular flexibility index (Phi) is 5.06. The molecule has 3 nitrogen and oxygen atoms in total. The van der Waals surface area contributed by atoms with Gasteiger partial charge in [-0.3, -0.25) is 4.79 Å². The Morgan fingerprint density at radius 2 is 1.95 bits per heavy atom. The van der Waals surface area contributed by atoms with Crippen LogP contribution in [0.4, 0.5) is 14.5 Å². The predicted molar refractivity (Wildman–Crippen MR) is 75.9 cm³/mol. The molecule has 0 unspecified atom stereocenters. The van der Waals surface area contributed by atoms with Gasteiger partial charge in [0.25, 0.3) is 0 Å². The van der Waals surface area contributed by atoms with Crippen LogP contribution in [-0.2, 0) is 11.2 Å². The number of carbonyl (C=O) groups excluding carboxylic acids is 1. The average Bonchev–Trinajstić information content (AvgIpc) is 2.88. The SMILES string of the molecule is O=C(CNc1cc(F)cc(F)c1)NCCc1cccs1. The summed E-state index contributed by atoms with van der Waals surface area (Å²) in [7, 11) is 0. The van der Waals surface area contributed by atoms with Gasteiger partial charge in [-0.05, 0) is 30.0 Å². The summed E-state index contributed by atoms with van der Waals surface area (Å²) in [5.41, 5.74) is 0.246. The average molecular weight is 296 g/mol. The quantitative estimate of drug-likeness (QED) is 0.860. The smallest absolute Gasteiger partial charge is 0.239 e. The lowest BCUT2D eigenvalue weighted by Crippen LogP contribution is -2.31. The van der Waals surface area contributed by atoms with Crippen molar-refractivity contribution < 1.29 is 13.6 Å². The van der Waals surface area contributed by atoms with E-state index < -0.39 is 11.6 Å². The molecule has 1 aromatic carbocycles. The number of benzene rings is 1. The summed E-state index contributed by atoms with van der Waals surface area (Å²) in [6.45, 7) is 0.520. The first-order chi connectivity index (χ1) is 9.63. The highest BCUT2D eigenvalue weighted by Gasteiger charge is 2.04. The van der Waals surface area contributed by atoms with Crippen molar-refractivity contribution in [3.05, 3.63) is 52.2 Å². The van der Waals surface area contributed by atoms with Crippen LogP contribution in [0, 0.1) is 11.6 Å². The summed E-state index contributed by atoms with van der Waals surface area (Å²) in [5.74, 6) is -1.57. The third-order valence-electron chi connectivity index (χ3n) is 2.59. The van der Waals surface area contributed by atoms with E-state index in [0.29, 0.717) is 6.54 Å². The van der Waals surface area contributed by atoms with Gasteiger partial charge in [0.1, 0.15) is 11.6 Å². The van der Waals surface area contributed by atoms with Gasteiger partial charge in [-0.15, -0.1) is 11.3 Å². The molecule has 0 aliphatic heterocycles. The van der Waals surface area contributed by atoms with Crippen LogP contribution in [0.1, 0.15) is 4.88 Å². The number of hydrogen-bond donors (Lipinski definition) is 2. The van der Waals surface area contributed by atoms with E-state index >= 15 is 0 Å². The van der Waals surface area contributed by atoms with E-state index in [1.807, 2.05) is 17.5 Å². The number of hydrogen-bond acceptors (Lipinski definition) is 3. The van der Waals surface area contributed by atoms with Gasteiger partial charge in [-0.2, -0.15) is 0 Å². The molecule has 1 heterocycles. The van der Waals surface area contributed by atoms with Crippen molar-refractivity contribution in [2.75, 3.05) is 18.4 Å². The molecule has 1 amide bonds. The minimum absolute atomic E-state index is 0.0205. The van der Waals surface area contributed by atoms with Crippen LogP contribution in [0.2, 0.25) is 0 Å². The van der Waals surface area contributed by atoms with E-state index in [1.165, 1.54) is 4.88 Å². The van der Waals surface area contributed by atoms with Crippen molar-refractivity contribution in [2.24, 2.45) is 0 Å². The molecule has 0 bridgehead atoms. The zero-order chi connectivity index (χ0) is 14.4. The molecule has 2 rings (SSSR count). The normalized spacial score (nSPS) is 10.3. The van der Waals surface area contributed by atoms with Crippen LogP contribution in [0.5, 0.6) is 0 Å². The third-order valence-corrected chi connectivity index (χ3v) is 3.53. The van der Waals surface area contributed by atoms with Gasteiger partial charge in [-0.25, -0.2) is 8.78 Å². The Morgan fingerprint density at radius 1 is 1.20 bits per heavy atom. The van der Waals surface area contributed by atoms with Crippen LogP contribution in [0.25, 0.3) is 0 Å². The van der Waals surface area contributed by atoms with Gasteiger partial charge < -0.3 is 10.6 Å². The summed E-state index contributed by atoms with van der Waals surface area (Å²) in [4.78, 5) is 12.8. The van der Waals surface area contributed by atoms with Gasteiger partial charge in [-0.1, -0.05) is 6.07 Å². The molecule has 0 spiro atoms. The Balaban J connectivity index is 1.72. The van der Waals surface area contributed by atoms with Crippen LogP contribution >= 0.6 is 11.3 Å². The van der Waals surface area contributed by atoms with Crippen molar-refractivity contribution >= 4 is 22.9 Å². The van der Waals surface area contributed by atoms with Crippen molar-refractivity contribution in [1.82, 2.24) is 5.32 Å². The number of carbonyl (C=O) groups is 1. The van der Waals surface area contributed by atoms with E-state index in [2.05, 4.69) is 10.6 Å². The Morgan fingerprint density at radius 3 is 2.60 bits per heavy atom. The summed E-state index contributed by atoms with van der Waals surface area (Å²) in [5, 5.41) is 7.40. The monoisotopic (exact) mass is 296 g/mol. The minimum Gasteiger partial charge on any atom is -0.376 e. The molecule has 0 radical (unpaired) electrons. The van der Waals surface area contributed by atoms with Crippen molar-refractivity contribution in [3.8, 4) is 0 Å². The molecule has 1 aromatic heterocycles. The van der Waals surface area contributed by atoms with Gasteiger partial charge in [0, 0.05) is 23.2 Å². The molecule has 6 heteroatoms. The third kappa shape index (κ3) is 4.62. The highest BCUT2D eigenvalue weighted by atomic mass is 32.1. The summed E-state index contributed by atoms with van der Waals surface area (Å²) in [6, 6.07) is 7.03. The van der Waals surface area contributed by atoms with E-state index in [9.17, 15) is 13.6 Å². The first-order valence-electron chi connectivity index (χ1n) is 6.12. The van der Waals surface area contributed by atoms with E-state index in [0.717, 1.165) is 24.6 Å². The number of thiophene rings is 1. The second kappa shape index (κ2) is 7.00. The predicted octanol–water partition coefficient (Wildman–Crippen LogP) is 2.80. The summed E-state index contributed by atoms with van der Waals surface area (Å²) >= 11 is 1.64. The number of halogens is 2. The zero-order valence-electron chi connectivity index (χ0n) is 10.7. The molecule has 2 N–H and O–H groups in total. The molecule has 0 aliphatic rings. The highest BCUT2D eigenvalue weighted by Crippen LogP contribution is 2.12. The van der Waals surface area contributed by atoms with Gasteiger partial charge in [0.05, 0.1) is 6.54 Å². The molecule has 0 aliphatic carbocycles. The molecule has 0 saturated heterocycles. The van der Waals surface area contributed by atoms with Crippen molar-refractivity contribution in [1.29, 1.82) is 0 Å². The van der Waals surface area contributed by atoms with E-state index in [-0.39, 0.29) is 18.1 Å². The lowest BCUT2D eigenvalue weighted by Gasteiger charge is -2.07. The molecule has 0 fully saturated rings. The second-order valence-corrected chi connectivity index (χ2v) is 5.22. The minimum atomic E-state index is -0.675. The fraction of sp³-hybridized carbons (Fsp3) is 0.214. The lowest BCUT2D eigenvalue weighted by atomic mass is 10.3. The Bertz CT molecular complexity index is 552. The zero-order valence-corrected chi connectivity index (χ0v) is 11.5. The number of amides is 1. The summed E-state index contributed by atoms with van der Waals surface area (Å²) in [6.07, 6.45) is 0.776. The molecular formula is C14H14F2N2OS. The van der Waals surface area contributed by atoms with Crippen LogP contribution in [0.15, 0.2) is 35.7 Å². The number of nitrogens with one attached hydrogen (secondary N) is 2. The first kappa shape index (κ1) is 14.5. The van der Waals surface area contributed by atoms with Gasteiger partial charge in [0.2, 0.25) is 5.91 Å². The molecule has 20 heavy (non-hydrogen) atoms. The van der Waals surface area contributed by atoms with Gasteiger partial charge >= 0.3 is 0 Å². The fourth-order valence-electron chi connectivity index (χ4n) is 1.68. The summed E-state index contributed by atoms with van der Waals surface area (Å²) < 4.78 is 25.9. The van der Waals surface area contributed by atoms with E-state index in [4.69, 9.17) is 0 Å².